The maximum Gasteiger partial charge on any atom is 0.274 e. The van der Waals surface area contributed by atoms with E-state index in [1.165, 1.54) is 0 Å². The van der Waals surface area contributed by atoms with E-state index in [9.17, 15) is 9.59 Å². The number of anilines is 3. The number of aromatic nitrogens is 1. The Labute approximate surface area is 139 Å². The number of hydrogen-bond donors (Lipinski definition) is 1. The standard InChI is InChI=1S/C17H18ClN3O2/c1-10-11(2)20(3)16-15(10)21(14(22)8-9-18)13-7-5-4-6-12(13)19-17(16)23/h4-7H,8-9H2,1-3H3,(H,19,23). The SMILES string of the molecule is Cc1c2c(n(C)c1C)C(=O)Nc1ccccc1N2C(=O)CCCl. The minimum atomic E-state index is -0.215. The van der Waals surface area contributed by atoms with E-state index in [0.717, 1.165) is 11.3 Å². The lowest BCUT2D eigenvalue weighted by Gasteiger charge is -2.23. The largest absolute Gasteiger partial charge is 0.342 e. The van der Waals surface area contributed by atoms with Crippen molar-refractivity contribution in [3.8, 4) is 0 Å². The first-order valence-corrected chi connectivity index (χ1v) is 7.96. The Morgan fingerprint density at radius 1 is 1.26 bits per heavy atom. The van der Waals surface area contributed by atoms with Crippen molar-refractivity contribution in [1.29, 1.82) is 0 Å². The van der Waals surface area contributed by atoms with Gasteiger partial charge in [-0.05, 0) is 31.5 Å². The molecule has 0 bridgehead atoms. The molecule has 0 atom stereocenters. The number of carbonyl (C=O) groups is 2. The van der Waals surface area contributed by atoms with Crippen LogP contribution in [0.5, 0.6) is 0 Å². The highest BCUT2D eigenvalue weighted by Gasteiger charge is 2.33. The van der Waals surface area contributed by atoms with Crippen LogP contribution < -0.4 is 10.2 Å². The normalized spacial score (nSPS) is 13.2. The van der Waals surface area contributed by atoms with Crippen molar-refractivity contribution in [1.82, 2.24) is 4.57 Å². The molecular formula is C17H18ClN3O2. The lowest BCUT2D eigenvalue weighted by atomic mass is 10.1. The van der Waals surface area contributed by atoms with Crippen LogP contribution in [0.25, 0.3) is 0 Å². The number of nitrogens with zero attached hydrogens (tertiary/aromatic N) is 2. The minimum absolute atomic E-state index is 0.126. The molecule has 6 heteroatoms. The van der Waals surface area contributed by atoms with Crippen LogP contribution in [0.4, 0.5) is 17.1 Å². The average Bonchev–Trinajstić information content (AvgIpc) is 2.68. The summed E-state index contributed by atoms with van der Waals surface area (Å²) in [5.74, 6) is -0.106. The Kier molecular flexibility index (Phi) is 3.90. The van der Waals surface area contributed by atoms with E-state index in [0.29, 0.717) is 22.8 Å². The molecule has 0 aliphatic carbocycles. The summed E-state index contributed by atoms with van der Waals surface area (Å²) in [6.45, 7) is 3.86. The number of amides is 2. The Hall–Kier alpha value is -2.27. The molecule has 0 spiro atoms. The predicted octanol–water partition coefficient (Wildman–Crippen LogP) is 3.50. The Morgan fingerprint density at radius 2 is 1.96 bits per heavy atom. The third kappa shape index (κ3) is 2.32. The zero-order chi connectivity index (χ0) is 16.7. The van der Waals surface area contributed by atoms with E-state index in [1.54, 1.807) is 11.0 Å². The van der Waals surface area contributed by atoms with Crippen LogP contribution in [-0.4, -0.2) is 22.3 Å². The van der Waals surface area contributed by atoms with Crippen molar-refractivity contribution < 1.29 is 9.59 Å². The van der Waals surface area contributed by atoms with Crippen LogP contribution in [-0.2, 0) is 11.8 Å². The molecule has 0 fully saturated rings. The number of halogens is 1. The van der Waals surface area contributed by atoms with Gasteiger partial charge in [-0.3, -0.25) is 14.5 Å². The van der Waals surface area contributed by atoms with Gasteiger partial charge in [-0.1, -0.05) is 12.1 Å². The van der Waals surface area contributed by atoms with Gasteiger partial charge in [0, 0.05) is 25.0 Å². The molecular weight excluding hydrogens is 314 g/mol. The van der Waals surface area contributed by atoms with Crippen molar-refractivity contribution in [2.45, 2.75) is 20.3 Å². The second kappa shape index (κ2) is 5.74. The van der Waals surface area contributed by atoms with Crippen molar-refractivity contribution >= 4 is 40.5 Å². The van der Waals surface area contributed by atoms with Crippen LogP contribution in [0.15, 0.2) is 24.3 Å². The maximum atomic E-state index is 12.7. The molecule has 1 aliphatic heterocycles. The van der Waals surface area contributed by atoms with E-state index in [1.807, 2.05) is 43.7 Å². The number of para-hydroxylation sites is 2. The molecule has 5 nitrogen and oxygen atoms in total. The second-order valence-electron chi connectivity index (χ2n) is 5.61. The highest BCUT2D eigenvalue weighted by molar-refractivity contribution is 6.21. The fourth-order valence-corrected chi connectivity index (χ4v) is 3.15. The number of rotatable bonds is 2. The van der Waals surface area contributed by atoms with Gasteiger partial charge in [-0.15, -0.1) is 11.6 Å². The van der Waals surface area contributed by atoms with Gasteiger partial charge in [0.1, 0.15) is 5.69 Å². The molecule has 0 saturated heterocycles. The molecule has 1 aromatic carbocycles. The summed E-state index contributed by atoms with van der Waals surface area (Å²) in [5, 5.41) is 2.90. The van der Waals surface area contributed by atoms with Gasteiger partial charge in [0.2, 0.25) is 5.91 Å². The first kappa shape index (κ1) is 15.6. The first-order chi connectivity index (χ1) is 11.0. The van der Waals surface area contributed by atoms with Crippen molar-refractivity contribution in [3.05, 3.63) is 41.2 Å². The molecule has 120 valence electrons. The Balaban J connectivity index is 2.33. The van der Waals surface area contributed by atoms with Gasteiger partial charge >= 0.3 is 0 Å². The molecule has 2 aromatic rings. The summed E-state index contributed by atoms with van der Waals surface area (Å²) in [5.41, 5.74) is 4.28. The molecule has 1 aromatic heterocycles. The van der Waals surface area contributed by atoms with Gasteiger partial charge in [-0.25, -0.2) is 0 Å². The monoisotopic (exact) mass is 331 g/mol. The number of hydrogen-bond acceptors (Lipinski definition) is 2. The number of benzene rings is 1. The Morgan fingerprint density at radius 3 is 2.65 bits per heavy atom. The highest BCUT2D eigenvalue weighted by atomic mass is 35.5. The fourth-order valence-electron chi connectivity index (χ4n) is 2.99. The molecule has 0 saturated carbocycles. The molecule has 0 radical (unpaired) electrons. The van der Waals surface area contributed by atoms with Gasteiger partial charge in [-0.2, -0.15) is 0 Å². The Bertz CT molecular complexity index is 810. The van der Waals surface area contributed by atoms with Crippen molar-refractivity contribution in [3.63, 3.8) is 0 Å². The third-order valence-electron chi connectivity index (χ3n) is 4.35. The van der Waals surface area contributed by atoms with Crippen molar-refractivity contribution in [2.24, 2.45) is 7.05 Å². The quantitative estimate of drug-likeness (QED) is 0.856. The molecule has 2 amide bonds. The molecule has 23 heavy (non-hydrogen) atoms. The summed E-state index contributed by atoms with van der Waals surface area (Å²) in [6, 6.07) is 7.31. The summed E-state index contributed by atoms with van der Waals surface area (Å²) in [7, 11) is 1.83. The van der Waals surface area contributed by atoms with Crippen LogP contribution in [0.2, 0.25) is 0 Å². The van der Waals surface area contributed by atoms with Gasteiger partial charge < -0.3 is 9.88 Å². The summed E-state index contributed by atoms with van der Waals surface area (Å²) >= 11 is 5.78. The molecule has 1 aliphatic rings. The van der Waals surface area contributed by atoms with Crippen LogP contribution in [0.3, 0.4) is 0 Å². The summed E-state index contributed by atoms with van der Waals surface area (Å²) in [4.78, 5) is 27.1. The first-order valence-electron chi connectivity index (χ1n) is 7.42. The van der Waals surface area contributed by atoms with E-state index < -0.39 is 0 Å². The number of nitrogens with one attached hydrogen (secondary N) is 1. The zero-order valence-corrected chi connectivity index (χ0v) is 14.1. The van der Waals surface area contributed by atoms with Crippen LogP contribution in [0, 0.1) is 13.8 Å². The molecule has 3 rings (SSSR count). The van der Waals surface area contributed by atoms with Gasteiger partial charge in [0.25, 0.3) is 5.91 Å². The van der Waals surface area contributed by atoms with E-state index in [-0.39, 0.29) is 24.1 Å². The number of fused-ring (bicyclic) bond motifs is 2. The smallest absolute Gasteiger partial charge is 0.274 e. The maximum absolute atomic E-state index is 12.7. The minimum Gasteiger partial charge on any atom is -0.342 e. The molecule has 0 unspecified atom stereocenters. The van der Waals surface area contributed by atoms with Crippen LogP contribution >= 0.6 is 11.6 Å². The predicted molar refractivity (Wildman–Crippen MR) is 91.8 cm³/mol. The lowest BCUT2D eigenvalue weighted by molar-refractivity contribution is -0.117. The lowest BCUT2D eigenvalue weighted by Crippen LogP contribution is -2.27. The highest BCUT2D eigenvalue weighted by Crippen LogP contribution is 2.41. The summed E-state index contributed by atoms with van der Waals surface area (Å²) < 4.78 is 1.83. The molecule has 2 heterocycles. The number of carbonyl (C=O) groups excluding carboxylic acids is 2. The van der Waals surface area contributed by atoms with Gasteiger partial charge in [0.15, 0.2) is 0 Å². The topological polar surface area (TPSA) is 54.3 Å². The third-order valence-corrected chi connectivity index (χ3v) is 4.54. The zero-order valence-electron chi connectivity index (χ0n) is 13.3. The average molecular weight is 332 g/mol. The van der Waals surface area contributed by atoms with Crippen molar-refractivity contribution in [2.75, 3.05) is 16.1 Å². The van der Waals surface area contributed by atoms with Gasteiger partial charge in [0.05, 0.1) is 17.1 Å². The van der Waals surface area contributed by atoms with E-state index in [2.05, 4.69) is 5.32 Å². The van der Waals surface area contributed by atoms with E-state index >= 15 is 0 Å². The fraction of sp³-hybridized carbons (Fsp3) is 0.294. The van der Waals surface area contributed by atoms with Crippen LogP contribution in [0.1, 0.15) is 28.2 Å². The van der Waals surface area contributed by atoms with E-state index in [4.69, 9.17) is 11.6 Å². The summed E-state index contributed by atoms with van der Waals surface area (Å²) in [6.07, 6.45) is 0.205. The molecule has 1 N–H and O–H groups in total. The second-order valence-corrected chi connectivity index (χ2v) is 5.98. The number of alkyl halides is 1.